The molecule has 0 bridgehead atoms. The maximum absolute atomic E-state index is 13.1. The Bertz CT molecular complexity index is 1220. The second-order valence-corrected chi connectivity index (χ2v) is 8.74. The molecule has 1 fully saturated rings. The lowest BCUT2D eigenvalue weighted by Gasteiger charge is -2.44. The summed E-state index contributed by atoms with van der Waals surface area (Å²) in [6, 6.07) is -0.922. The molecule has 4 heterocycles. The predicted octanol–water partition coefficient (Wildman–Crippen LogP) is 1.91. The number of nitrogens with one attached hydrogen (secondary N) is 2. The molecule has 2 aromatic rings. The molecule has 0 aromatic carbocycles. The Morgan fingerprint density at radius 1 is 1.24 bits per heavy atom. The average Bonchev–Trinajstić information content (AvgIpc) is 2.84. The lowest BCUT2D eigenvalue weighted by molar-refractivity contribution is -0.145. The van der Waals surface area contributed by atoms with Crippen molar-refractivity contribution in [2.45, 2.75) is 37.8 Å². The Balaban J connectivity index is 1.24. The van der Waals surface area contributed by atoms with Gasteiger partial charge in [0.2, 0.25) is 17.6 Å². The average molecular weight is 551 g/mol. The molecule has 11 nitrogen and oxygen atoms in total. The van der Waals surface area contributed by atoms with Gasteiger partial charge in [0.25, 0.3) is 5.56 Å². The number of aromatic nitrogens is 4. The maximum atomic E-state index is 13.1. The Morgan fingerprint density at radius 3 is 2.71 bits per heavy atom. The van der Waals surface area contributed by atoms with E-state index in [4.69, 9.17) is 9.47 Å². The van der Waals surface area contributed by atoms with Gasteiger partial charge in [-0.15, -0.1) is 0 Å². The summed E-state index contributed by atoms with van der Waals surface area (Å²) in [5.74, 6) is -1.67. The molecular weight excluding hydrogens is 528 g/mol. The molecule has 0 saturated carbocycles. The zero-order valence-electron chi connectivity index (χ0n) is 19.9. The van der Waals surface area contributed by atoms with Gasteiger partial charge in [0.05, 0.1) is 43.8 Å². The summed E-state index contributed by atoms with van der Waals surface area (Å²) in [6.07, 6.45) is -7.63. The van der Waals surface area contributed by atoms with E-state index in [9.17, 15) is 35.9 Å². The number of piperazine rings is 1. The van der Waals surface area contributed by atoms with E-state index in [1.165, 1.54) is 0 Å². The number of nitrogens with zero attached hydrogens (tertiary/aromatic N) is 5. The number of fused-ring (bicyclic) bond motifs is 3. The Hall–Kier alpha value is -3.63. The summed E-state index contributed by atoms with van der Waals surface area (Å²) in [5, 5.41) is 7.68. The van der Waals surface area contributed by atoms with Gasteiger partial charge in [-0.05, 0) is 6.92 Å². The van der Waals surface area contributed by atoms with Crippen molar-refractivity contribution in [3.05, 3.63) is 34.1 Å². The SMILES string of the molecule is C[C@@H](COCCC(=O)N1CCN2c3cnc(C(F)(F)F)nc3OC[C@H]2C1)Nc1cn[nH]c(=O)c1C(F)(F)F. The Labute approximate surface area is 211 Å². The Kier molecular flexibility index (Phi) is 7.66. The van der Waals surface area contributed by atoms with E-state index in [0.29, 0.717) is 18.8 Å². The molecule has 208 valence electrons. The van der Waals surface area contributed by atoms with Gasteiger partial charge in [0.1, 0.15) is 17.9 Å². The third kappa shape index (κ3) is 6.08. The van der Waals surface area contributed by atoms with E-state index in [0.717, 1.165) is 12.4 Å². The number of anilines is 2. The molecule has 2 atom stereocenters. The van der Waals surface area contributed by atoms with Crippen LogP contribution in [0.2, 0.25) is 0 Å². The van der Waals surface area contributed by atoms with Gasteiger partial charge in [0, 0.05) is 25.7 Å². The van der Waals surface area contributed by atoms with Crippen molar-refractivity contribution in [2.75, 3.05) is 49.7 Å². The number of rotatable bonds is 7. The fourth-order valence-corrected chi connectivity index (χ4v) is 4.19. The van der Waals surface area contributed by atoms with Crippen LogP contribution in [0.3, 0.4) is 0 Å². The van der Waals surface area contributed by atoms with Crippen LogP contribution in [0.5, 0.6) is 5.88 Å². The smallest absolute Gasteiger partial charge is 0.451 e. The van der Waals surface area contributed by atoms with Gasteiger partial charge in [-0.25, -0.2) is 10.1 Å². The van der Waals surface area contributed by atoms with Crippen molar-refractivity contribution >= 4 is 17.3 Å². The molecule has 38 heavy (non-hydrogen) atoms. The van der Waals surface area contributed by atoms with E-state index < -0.39 is 41.0 Å². The van der Waals surface area contributed by atoms with Gasteiger partial charge in [-0.2, -0.15) is 36.4 Å². The first-order valence-corrected chi connectivity index (χ1v) is 11.4. The third-order valence-corrected chi connectivity index (χ3v) is 5.92. The van der Waals surface area contributed by atoms with E-state index in [-0.39, 0.29) is 50.6 Å². The van der Waals surface area contributed by atoms with Gasteiger partial charge in [-0.1, -0.05) is 0 Å². The van der Waals surface area contributed by atoms with E-state index in [1.807, 2.05) is 4.90 Å². The highest BCUT2D eigenvalue weighted by Crippen LogP contribution is 2.36. The zero-order valence-corrected chi connectivity index (χ0v) is 19.9. The summed E-state index contributed by atoms with van der Waals surface area (Å²) < 4.78 is 88.9. The molecule has 2 N–H and O–H groups in total. The number of hydrogen-bond acceptors (Lipinski definition) is 9. The number of hydrogen-bond donors (Lipinski definition) is 2. The summed E-state index contributed by atoms with van der Waals surface area (Å²) >= 11 is 0. The van der Waals surface area contributed by atoms with Gasteiger partial charge in [0.15, 0.2) is 0 Å². The molecule has 0 aliphatic carbocycles. The summed E-state index contributed by atoms with van der Waals surface area (Å²) in [4.78, 5) is 34.4. The number of ether oxygens (including phenoxy) is 2. The first-order chi connectivity index (χ1) is 17.8. The highest BCUT2D eigenvalue weighted by Gasteiger charge is 2.40. The van der Waals surface area contributed by atoms with Crippen LogP contribution in [0.4, 0.5) is 37.7 Å². The largest absolute Gasteiger partial charge is 0.474 e. The monoisotopic (exact) mass is 551 g/mol. The Morgan fingerprint density at radius 2 is 2.00 bits per heavy atom. The maximum Gasteiger partial charge on any atom is 0.451 e. The number of aromatic amines is 1. The second kappa shape index (κ2) is 10.6. The van der Waals surface area contributed by atoms with Crippen LogP contribution in [0.25, 0.3) is 0 Å². The first kappa shape index (κ1) is 27.4. The van der Waals surface area contributed by atoms with Crippen molar-refractivity contribution in [3.8, 4) is 5.88 Å². The quantitative estimate of drug-likeness (QED) is 0.392. The van der Waals surface area contributed by atoms with Crippen LogP contribution < -0.4 is 20.5 Å². The van der Waals surface area contributed by atoms with E-state index in [1.54, 1.807) is 16.9 Å². The molecular formula is C21H23F6N7O4. The first-order valence-electron chi connectivity index (χ1n) is 11.4. The molecule has 2 aliphatic rings. The van der Waals surface area contributed by atoms with Crippen LogP contribution in [-0.2, 0) is 21.9 Å². The van der Waals surface area contributed by atoms with Crippen LogP contribution >= 0.6 is 0 Å². The molecule has 0 radical (unpaired) electrons. The van der Waals surface area contributed by atoms with Crippen molar-refractivity contribution < 1.29 is 40.6 Å². The van der Waals surface area contributed by atoms with Crippen molar-refractivity contribution in [3.63, 3.8) is 0 Å². The summed E-state index contributed by atoms with van der Waals surface area (Å²) in [6.45, 7) is 2.47. The molecule has 0 unspecified atom stereocenters. The number of carbonyl (C=O) groups excluding carboxylic acids is 1. The van der Waals surface area contributed by atoms with Crippen molar-refractivity contribution in [2.24, 2.45) is 0 Å². The predicted molar refractivity (Wildman–Crippen MR) is 119 cm³/mol. The fraction of sp³-hybridized carbons (Fsp3) is 0.571. The highest BCUT2D eigenvalue weighted by molar-refractivity contribution is 5.77. The topological polar surface area (TPSA) is 126 Å². The second-order valence-electron chi connectivity index (χ2n) is 8.74. The molecule has 2 aromatic heterocycles. The van der Waals surface area contributed by atoms with Crippen molar-refractivity contribution in [1.82, 2.24) is 25.1 Å². The number of carbonyl (C=O) groups is 1. The molecule has 17 heteroatoms. The molecule has 4 rings (SSSR count). The van der Waals surface area contributed by atoms with Crippen molar-refractivity contribution in [1.29, 1.82) is 0 Å². The molecule has 0 spiro atoms. The fourth-order valence-electron chi connectivity index (χ4n) is 4.19. The molecule has 1 saturated heterocycles. The number of H-pyrrole nitrogens is 1. The minimum absolute atomic E-state index is 0.00286. The third-order valence-electron chi connectivity index (χ3n) is 5.92. The highest BCUT2D eigenvalue weighted by atomic mass is 19.4. The van der Waals surface area contributed by atoms with E-state index in [2.05, 4.69) is 20.4 Å². The van der Waals surface area contributed by atoms with E-state index >= 15 is 0 Å². The van der Waals surface area contributed by atoms with Gasteiger partial charge in [-0.3, -0.25) is 9.59 Å². The van der Waals surface area contributed by atoms with Crippen LogP contribution in [-0.4, -0.2) is 82.5 Å². The lowest BCUT2D eigenvalue weighted by atomic mass is 10.1. The minimum Gasteiger partial charge on any atom is -0.474 e. The number of halogens is 6. The van der Waals surface area contributed by atoms with Crippen LogP contribution in [0.15, 0.2) is 17.2 Å². The summed E-state index contributed by atoms with van der Waals surface area (Å²) in [5.41, 5.74) is -2.92. The van der Waals surface area contributed by atoms with Gasteiger partial charge >= 0.3 is 12.4 Å². The zero-order chi connectivity index (χ0) is 27.7. The van der Waals surface area contributed by atoms with Crippen LogP contribution in [0, 0.1) is 0 Å². The number of alkyl halides is 6. The van der Waals surface area contributed by atoms with Crippen LogP contribution in [0.1, 0.15) is 24.7 Å². The molecule has 1 amide bonds. The lowest BCUT2D eigenvalue weighted by Crippen LogP contribution is -2.58. The minimum atomic E-state index is -4.87. The molecule has 2 aliphatic heterocycles. The van der Waals surface area contributed by atoms with Gasteiger partial charge < -0.3 is 24.6 Å². The normalized spacial score (nSPS) is 18.3. The number of amides is 1. The standard InChI is InChI=1S/C21H23F6N7O4/c1-11(30-13-6-29-32-17(36)16(13)20(22,23)24)9-37-5-2-15(35)33-3-4-34-12(8-33)10-38-18-14(34)7-28-19(31-18)21(25,26)27/h6-7,11-12H,2-5,8-10H2,1H3,(H2,30,32,36)/t11-,12+/m0/s1. The summed E-state index contributed by atoms with van der Waals surface area (Å²) in [7, 11) is 0.